The maximum atomic E-state index is 16.1. The Bertz CT molecular complexity index is 759. The quantitative estimate of drug-likeness (QED) is 0.298. The van der Waals surface area contributed by atoms with Crippen molar-refractivity contribution in [2.24, 2.45) is 0 Å². The Balaban J connectivity index is 1.76. The molecule has 2 saturated heterocycles. The van der Waals surface area contributed by atoms with Crippen molar-refractivity contribution in [2.75, 3.05) is 19.8 Å². The van der Waals surface area contributed by atoms with Crippen molar-refractivity contribution in [3.05, 3.63) is 35.9 Å². The highest BCUT2D eigenvalue weighted by atomic mass is 19.2. The van der Waals surface area contributed by atoms with Crippen LogP contribution in [0, 0.1) is 0 Å². The highest BCUT2D eigenvalue weighted by Crippen LogP contribution is 2.43. The molecular formula is C26H39FO7. The summed E-state index contributed by atoms with van der Waals surface area (Å²) in [6.45, 7) is 8.86. The molecular weight excluding hydrogens is 443 g/mol. The van der Waals surface area contributed by atoms with E-state index in [0.717, 1.165) is 31.2 Å². The topological polar surface area (TPSA) is 72.5 Å². The molecule has 192 valence electrons. The number of hydrogen-bond acceptors (Lipinski definition) is 7. The van der Waals surface area contributed by atoms with Crippen LogP contribution in [-0.2, 0) is 39.8 Å². The maximum Gasteiger partial charge on any atom is 0.372 e. The molecule has 2 aliphatic heterocycles. The third kappa shape index (κ3) is 7.21. The van der Waals surface area contributed by atoms with Crippen molar-refractivity contribution >= 4 is 5.97 Å². The van der Waals surface area contributed by atoms with Gasteiger partial charge in [-0.15, -0.1) is 0 Å². The fourth-order valence-corrected chi connectivity index (χ4v) is 4.20. The zero-order valence-corrected chi connectivity index (χ0v) is 20.8. The van der Waals surface area contributed by atoms with Crippen LogP contribution >= 0.6 is 0 Å². The van der Waals surface area contributed by atoms with Crippen LogP contribution in [0.25, 0.3) is 0 Å². The second kappa shape index (κ2) is 12.4. The van der Waals surface area contributed by atoms with Gasteiger partial charge in [-0.2, -0.15) is 4.39 Å². The molecule has 0 N–H and O–H groups in total. The summed E-state index contributed by atoms with van der Waals surface area (Å²) in [7, 11) is 0. The van der Waals surface area contributed by atoms with Gasteiger partial charge in [-0.3, -0.25) is 0 Å². The van der Waals surface area contributed by atoms with Crippen molar-refractivity contribution in [3.63, 3.8) is 0 Å². The van der Waals surface area contributed by atoms with E-state index in [-0.39, 0.29) is 19.6 Å². The second-order valence-corrected chi connectivity index (χ2v) is 9.41. The lowest BCUT2D eigenvalue weighted by molar-refractivity contribution is -0.276. The fraction of sp³-hybridized carbons (Fsp3) is 0.731. The van der Waals surface area contributed by atoms with E-state index in [1.54, 1.807) is 26.0 Å². The van der Waals surface area contributed by atoms with E-state index in [9.17, 15) is 4.79 Å². The van der Waals surface area contributed by atoms with Gasteiger partial charge in [0.1, 0.15) is 24.9 Å². The monoisotopic (exact) mass is 482 g/mol. The molecule has 2 unspecified atom stereocenters. The van der Waals surface area contributed by atoms with E-state index in [1.807, 2.05) is 18.2 Å². The van der Waals surface area contributed by atoms with Gasteiger partial charge in [0.15, 0.2) is 5.79 Å². The van der Waals surface area contributed by atoms with Gasteiger partial charge < -0.3 is 28.4 Å². The van der Waals surface area contributed by atoms with Crippen LogP contribution in [0.4, 0.5) is 4.39 Å². The molecule has 7 nitrogen and oxygen atoms in total. The largest absolute Gasteiger partial charge is 0.457 e. The van der Waals surface area contributed by atoms with Gasteiger partial charge >= 0.3 is 11.8 Å². The van der Waals surface area contributed by atoms with Crippen LogP contribution in [-0.4, -0.2) is 61.8 Å². The molecule has 2 heterocycles. The molecule has 0 bridgehead atoms. The number of unbranched alkanes of at least 4 members (excludes halogenated alkanes) is 2. The van der Waals surface area contributed by atoms with Crippen LogP contribution < -0.4 is 0 Å². The number of carbonyl (C=O) groups excluding carboxylic acids is 1. The van der Waals surface area contributed by atoms with E-state index in [2.05, 4.69) is 13.8 Å². The minimum Gasteiger partial charge on any atom is -0.457 e. The third-order valence-corrected chi connectivity index (χ3v) is 5.97. The van der Waals surface area contributed by atoms with E-state index >= 15 is 4.39 Å². The summed E-state index contributed by atoms with van der Waals surface area (Å²) < 4.78 is 51.1. The lowest BCUT2D eigenvalue weighted by Crippen LogP contribution is -2.60. The lowest BCUT2D eigenvalue weighted by Gasteiger charge is -2.41. The molecule has 5 atom stereocenters. The standard InChI is InChI=1S/C26H39FO7/c1-5-7-14-29-18-21(30-15-8-6-2)23-22-20(32-25(3,4)33-22)16-26(27,34-23)24(28)31-17-19-12-10-9-11-13-19/h9-13,20-23H,5-8,14-18H2,1-4H3/t20-,21-,22?,23?,26-/m1/s1. The molecule has 0 spiro atoms. The smallest absolute Gasteiger partial charge is 0.372 e. The minimum absolute atomic E-state index is 0.0487. The van der Waals surface area contributed by atoms with Crippen molar-refractivity contribution in [1.82, 2.24) is 0 Å². The average Bonchev–Trinajstić information content (AvgIpc) is 3.12. The van der Waals surface area contributed by atoms with Crippen molar-refractivity contribution in [1.29, 1.82) is 0 Å². The average molecular weight is 483 g/mol. The maximum absolute atomic E-state index is 16.1. The summed E-state index contributed by atoms with van der Waals surface area (Å²) in [6.07, 6.45) is 0.588. The van der Waals surface area contributed by atoms with E-state index in [4.69, 9.17) is 28.4 Å². The summed E-state index contributed by atoms with van der Waals surface area (Å²) in [5.74, 6) is -4.69. The molecule has 0 aliphatic carbocycles. The molecule has 3 rings (SSSR count). The zero-order valence-electron chi connectivity index (χ0n) is 20.8. The first-order chi connectivity index (χ1) is 16.3. The number of hydrogen-bond donors (Lipinski definition) is 0. The van der Waals surface area contributed by atoms with Crippen LogP contribution in [0.5, 0.6) is 0 Å². The molecule has 34 heavy (non-hydrogen) atoms. The van der Waals surface area contributed by atoms with Crippen molar-refractivity contribution in [3.8, 4) is 0 Å². The Kier molecular flexibility index (Phi) is 9.85. The van der Waals surface area contributed by atoms with E-state index in [0.29, 0.717) is 13.2 Å². The van der Waals surface area contributed by atoms with E-state index in [1.165, 1.54) is 0 Å². The number of rotatable bonds is 13. The number of ether oxygens (including phenoxy) is 6. The van der Waals surface area contributed by atoms with Crippen LogP contribution in [0.15, 0.2) is 30.3 Å². The first-order valence-electron chi connectivity index (χ1n) is 12.4. The Labute approximate surface area is 202 Å². The van der Waals surface area contributed by atoms with Crippen LogP contribution in [0.2, 0.25) is 0 Å². The molecule has 0 aromatic heterocycles. The van der Waals surface area contributed by atoms with Crippen LogP contribution in [0.1, 0.15) is 65.4 Å². The second-order valence-electron chi connectivity index (χ2n) is 9.41. The summed E-state index contributed by atoms with van der Waals surface area (Å²) >= 11 is 0. The number of benzene rings is 1. The zero-order chi connectivity index (χ0) is 24.6. The van der Waals surface area contributed by atoms with Gasteiger partial charge in [-0.1, -0.05) is 57.0 Å². The Morgan fingerprint density at radius 1 is 1.09 bits per heavy atom. The minimum atomic E-state index is -2.68. The SMILES string of the molecule is CCCCOC[C@@H](OCCCC)C1O[C@@](F)(C(=O)OCc2ccccc2)C[C@H]2OC(C)(C)OC12. The summed E-state index contributed by atoms with van der Waals surface area (Å²) in [5, 5.41) is 0. The van der Waals surface area contributed by atoms with Gasteiger partial charge in [-0.25, -0.2) is 4.79 Å². The number of alkyl halides is 1. The lowest BCUT2D eigenvalue weighted by atomic mass is 9.93. The number of carbonyl (C=O) groups is 1. The third-order valence-electron chi connectivity index (χ3n) is 5.97. The first-order valence-corrected chi connectivity index (χ1v) is 12.4. The molecule has 8 heteroatoms. The van der Waals surface area contributed by atoms with Gasteiger partial charge in [-0.05, 0) is 32.3 Å². The normalized spacial score (nSPS) is 28.9. The molecule has 1 aromatic carbocycles. The van der Waals surface area contributed by atoms with Crippen molar-refractivity contribution in [2.45, 2.75) is 102 Å². The molecule has 2 fully saturated rings. The van der Waals surface area contributed by atoms with Gasteiger partial charge in [0.25, 0.3) is 0 Å². The molecule has 2 aliphatic rings. The number of esters is 1. The Morgan fingerprint density at radius 3 is 2.50 bits per heavy atom. The summed E-state index contributed by atoms with van der Waals surface area (Å²) in [6, 6.07) is 9.13. The first kappa shape index (κ1) is 27.0. The molecule has 1 aromatic rings. The van der Waals surface area contributed by atoms with Gasteiger partial charge in [0, 0.05) is 19.6 Å². The molecule has 0 amide bonds. The van der Waals surface area contributed by atoms with Crippen LogP contribution in [0.3, 0.4) is 0 Å². The number of fused-ring (bicyclic) bond motifs is 1. The fourth-order valence-electron chi connectivity index (χ4n) is 4.20. The highest BCUT2D eigenvalue weighted by Gasteiger charge is 2.61. The van der Waals surface area contributed by atoms with Gasteiger partial charge in [0.05, 0.1) is 12.7 Å². The van der Waals surface area contributed by atoms with E-state index < -0.39 is 42.0 Å². The predicted octanol–water partition coefficient (Wildman–Crippen LogP) is 4.71. The Morgan fingerprint density at radius 2 is 1.79 bits per heavy atom. The summed E-state index contributed by atoms with van der Waals surface area (Å²) in [4.78, 5) is 12.9. The summed E-state index contributed by atoms with van der Waals surface area (Å²) in [5.41, 5.74) is 0.761. The molecule has 0 radical (unpaired) electrons. The Hall–Kier alpha value is -1.58. The molecule has 0 saturated carbocycles. The predicted molar refractivity (Wildman–Crippen MR) is 124 cm³/mol. The number of halogens is 1. The van der Waals surface area contributed by atoms with Crippen molar-refractivity contribution < 1.29 is 37.6 Å². The highest BCUT2D eigenvalue weighted by molar-refractivity contribution is 5.78. The van der Waals surface area contributed by atoms with Gasteiger partial charge in [0.2, 0.25) is 0 Å².